The highest BCUT2D eigenvalue weighted by molar-refractivity contribution is 8.14. The highest BCUT2D eigenvalue weighted by Crippen LogP contribution is 2.37. The van der Waals surface area contributed by atoms with Crippen LogP contribution in [0.5, 0.6) is 0 Å². The number of rotatable bonds is 3. The van der Waals surface area contributed by atoms with Crippen molar-refractivity contribution in [3.63, 3.8) is 0 Å². The summed E-state index contributed by atoms with van der Waals surface area (Å²) < 4.78 is 9.49. The first-order valence-corrected chi connectivity index (χ1v) is 7.69. The summed E-state index contributed by atoms with van der Waals surface area (Å²) in [7, 11) is 0. The normalized spacial score (nSPS) is 12.8. The minimum absolute atomic E-state index is 0.282. The molecule has 0 aliphatic carbocycles. The summed E-state index contributed by atoms with van der Waals surface area (Å²) in [6.07, 6.45) is 0. The Bertz CT molecular complexity index is 656. The molecule has 0 saturated carbocycles. The van der Waals surface area contributed by atoms with Gasteiger partial charge in [-0.25, -0.2) is 9.19 Å². The van der Waals surface area contributed by atoms with Gasteiger partial charge >= 0.3 is 5.97 Å². The maximum Gasteiger partial charge on any atom is 0.339 e. The Balaban J connectivity index is 1.75. The van der Waals surface area contributed by atoms with Crippen molar-refractivity contribution in [1.82, 2.24) is 0 Å². The molecular formula is C15H11NO2S2. The van der Waals surface area contributed by atoms with Gasteiger partial charge in [0.15, 0.2) is 0 Å². The van der Waals surface area contributed by atoms with Gasteiger partial charge in [-0.3, -0.25) is 0 Å². The van der Waals surface area contributed by atoms with Crippen LogP contribution in [0.3, 0.4) is 0 Å². The molecule has 0 N–H and O–H groups in total. The molecule has 1 heterocycles. The predicted molar refractivity (Wildman–Crippen MR) is 82.2 cm³/mol. The van der Waals surface area contributed by atoms with E-state index in [4.69, 9.17) is 4.74 Å². The molecule has 2 aromatic carbocycles. The van der Waals surface area contributed by atoms with Gasteiger partial charge < -0.3 is 4.74 Å². The van der Waals surface area contributed by atoms with Gasteiger partial charge in [-0.15, -0.1) is 0 Å². The molecule has 5 heteroatoms. The number of ether oxygens (including phenoxy) is 1. The molecule has 3 nitrogen and oxygen atoms in total. The second kappa shape index (κ2) is 6.15. The molecule has 100 valence electrons. The summed E-state index contributed by atoms with van der Waals surface area (Å²) >= 11 is 2.83. The van der Waals surface area contributed by atoms with E-state index < -0.39 is 0 Å². The van der Waals surface area contributed by atoms with Crippen LogP contribution >= 0.6 is 23.7 Å². The van der Waals surface area contributed by atoms with E-state index in [0.717, 1.165) is 15.4 Å². The highest BCUT2D eigenvalue weighted by Gasteiger charge is 2.18. The number of fused-ring (bicyclic) bond motifs is 1. The van der Waals surface area contributed by atoms with Crippen LogP contribution in [0, 0.1) is 0 Å². The zero-order valence-corrected chi connectivity index (χ0v) is 12.1. The van der Waals surface area contributed by atoms with E-state index >= 15 is 0 Å². The fourth-order valence-corrected chi connectivity index (χ4v) is 3.42. The minimum atomic E-state index is -0.309. The van der Waals surface area contributed by atoms with Gasteiger partial charge in [-0.2, -0.15) is 0 Å². The first kappa shape index (κ1) is 13.3. The molecular weight excluding hydrogens is 290 g/mol. The van der Waals surface area contributed by atoms with Crippen molar-refractivity contribution in [1.29, 1.82) is 0 Å². The third-order valence-electron chi connectivity index (χ3n) is 2.78. The maximum absolute atomic E-state index is 12.2. The van der Waals surface area contributed by atoms with Crippen molar-refractivity contribution in [2.45, 2.75) is 16.4 Å². The van der Waals surface area contributed by atoms with Gasteiger partial charge in [0.2, 0.25) is 0 Å². The smallest absolute Gasteiger partial charge is 0.339 e. The molecule has 0 aromatic heterocycles. The summed E-state index contributed by atoms with van der Waals surface area (Å²) in [6, 6.07) is 15.3. The van der Waals surface area contributed by atoms with E-state index in [2.05, 4.69) is 4.40 Å². The number of benzene rings is 2. The predicted octanol–water partition coefficient (Wildman–Crippen LogP) is 4.18. The van der Waals surface area contributed by atoms with Gasteiger partial charge in [0, 0.05) is 16.8 Å². The van der Waals surface area contributed by atoms with E-state index in [0.29, 0.717) is 5.56 Å². The molecule has 0 fully saturated rings. The third-order valence-corrected chi connectivity index (χ3v) is 4.68. The first-order chi connectivity index (χ1) is 9.84. The Morgan fingerprint density at radius 3 is 2.80 bits per heavy atom. The topological polar surface area (TPSA) is 38.7 Å². The van der Waals surface area contributed by atoms with E-state index in [-0.39, 0.29) is 12.6 Å². The number of thioether (sulfide) groups is 1. The van der Waals surface area contributed by atoms with E-state index in [1.165, 1.54) is 23.7 Å². The molecule has 2 aromatic rings. The minimum Gasteiger partial charge on any atom is -0.457 e. The number of nitrogens with zero attached hydrogens (tertiary/aromatic N) is 1. The Morgan fingerprint density at radius 2 is 1.95 bits per heavy atom. The number of hydrogen-bond donors (Lipinski definition) is 0. The molecule has 0 saturated heterocycles. The summed E-state index contributed by atoms with van der Waals surface area (Å²) in [5, 5.41) is 0. The van der Waals surface area contributed by atoms with Crippen LogP contribution in [0.1, 0.15) is 15.9 Å². The standard InChI is InChI=1S/C15H11NO2S2/c17-15(18-9-11-5-2-1-3-6-11)12-7-4-8-13-14(12)20-16-10-19-13/h1-8,10H,9H2. The molecule has 1 aliphatic heterocycles. The lowest BCUT2D eigenvalue weighted by Crippen LogP contribution is -2.07. The van der Waals surface area contributed by atoms with E-state index in [1.54, 1.807) is 11.6 Å². The zero-order valence-electron chi connectivity index (χ0n) is 10.5. The molecule has 0 bridgehead atoms. The van der Waals surface area contributed by atoms with Gasteiger partial charge in [0.1, 0.15) is 6.61 Å². The quantitative estimate of drug-likeness (QED) is 0.629. The Morgan fingerprint density at radius 1 is 1.10 bits per heavy atom. The van der Waals surface area contributed by atoms with Crippen molar-refractivity contribution in [3.05, 3.63) is 59.7 Å². The monoisotopic (exact) mass is 301 g/mol. The molecule has 0 radical (unpaired) electrons. The van der Waals surface area contributed by atoms with Crippen LogP contribution in [0.25, 0.3) is 0 Å². The second-order valence-electron chi connectivity index (χ2n) is 4.11. The van der Waals surface area contributed by atoms with Crippen LogP contribution in [0.4, 0.5) is 0 Å². The Kier molecular flexibility index (Phi) is 4.08. The number of carbonyl (C=O) groups is 1. The lowest BCUT2D eigenvalue weighted by molar-refractivity contribution is 0.0468. The van der Waals surface area contributed by atoms with Gasteiger partial charge in [-0.1, -0.05) is 48.2 Å². The van der Waals surface area contributed by atoms with Gasteiger partial charge in [-0.05, 0) is 17.7 Å². The van der Waals surface area contributed by atoms with Crippen LogP contribution in [-0.2, 0) is 11.3 Å². The average Bonchev–Trinajstić information content (AvgIpc) is 2.53. The van der Waals surface area contributed by atoms with Crippen LogP contribution in [0.2, 0.25) is 0 Å². The van der Waals surface area contributed by atoms with E-state index in [1.807, 2.05) is 42.5 Å². The zero-order chi connectivity index (χ0) is 13.8. The van der Waals surface area contributed by atoms with Crippen molar-refractivity contribution < 1.29 is 9.53 Å². The SMILES string of the molecule is O=C(OCc1ccccc1)c1cccc2c1SN=CS2. The fraction of sp³-hybridized carbons (Fsp3) is 0.0667. The van der Waals surface area contributed by atoms with Crippen molar-refractivity contribution in [2.75, 3.05) is 0 Å². The number of hydrogen-bond acceptors (Lipinski definition) is 5. The number of esters is 1. The molecule has 0 atom stereocenters. The van der Waals surface area contributed by atoms with Gasteiger partial charge in [0.05, 0.1) is 16.0 Å². The van der Waals surface area contributed by atoms with Crippen molar-refractivity contribution in [3.8, 4) is 0 Å². The molecule has 1 aliphatic rings. The largest absolute Gasteiger partial charge is 0.457 e. The second-order valence-corrected chi connectivity index (χ2v) is 5.80. The summed E-state index contributed by atoms with van der Waals surface area (Å²) in [4.78, 5) is 14.1. The fourth-order valence-electron chi connectivity index (χ4n) is 1.82. The van der Waals surface area contributed by atoms with Crippen molar-refractivity contribution in [2.24, 2.45) is 4.40 Å². The van der Waals surface area contributed by atoms with Crippen LogP contribution in [-0.4, -0.2) is 11.5 Å². The Labute approximate surface area is 125 Å². The average molecular weight is 301 g/mol. The molecule has 0 unspecified atom stereocenters. The third kappa shape index (κ3) is 2.89. The molecule has 0 spiro atoms. The van der Waals surface area contributed by atoms with Crippen molar-refractivity contribution >= 4 is 35.2 Å². The summed E-state index contributed by atoms with van der Waals surface area (Å²) in [5.41, 5.74) is 3.32. The Hall–Kier alpha value is -1.72. The van der Waals surface area contributed by atoms with Gasteiger partial charge in [0.25, 0.3) is 0 Å². The highest BCUT2D eigenvalue weighted by atomic mass is 32.2. The summed E-state index contributed by atoms with van der Waals surface area (Å²) in [6.45, 7) is 0.282. The molecule has 20 heavy (non-hydrogen) atoms. The molecule has 3 rings (SSSR count). The lowest BCUT2D eigenvalue weighted by atomic mass is 10.2. The number of carbonyl (C=O) groups excluding carboxylic acids is 1. The lowest BCUT2D eigenvalue weighted by Gasteiger charge is -2.13. The van der Waals surface area contributed by atoms with Crippen LogP contribution < -0.4 is 0 Å². The van der Waals surface area contributed by atoms with Crippen LogP contribution in [0.15, 0.2) is 62.7 Å². The summed E-state index contributed by atoms with van der Waals surface area (Å²) in [5.74, 6) is -0.309. The maximum atomic E-state index is 12.2. The van der Waals surface area contributed by atoms with E-state index in [9.17, 15) is 4.79 Å². The molecule has 0 amide bonds. The first-order valence-electron chi connectivity index (χ1n) is 6.04.